The highest BCUT2D eigenvalue weighted by Crippen LogP contribution is 2.26. The van der Waals surface area contributed by atoms with Crippen molar-refractivity contribution in [1.82, 2.24) is 25.3 Å². The summed E-state index contributed by atoms with van der Waals surface area (Å²) in [5, 5.41) is 11.3. The van der Waals surface area contributed by atoms with Crippen LogP contribution in [-0.4, -0.2) is 59.4 Å². The molecule has 2 heterocycles. The Hall–Kier alpha value is -0.830. The number of hydrogen-bond acceptors (Lipinski definition) is 3. The molecule has 7 heteroatoms. The predicted octanol–water partition coefficient (Wildman–Crippen LogP) is 2.38. The molecule has 0 aromatic carbocycles. The second kappa shape index (κ2) is 10.4. The van der Waals surface area contributed by atoms with Gasteiger partial charge in [-0.2, -0.15) is 5.10 Å². The molecule has 0 amide bonds. The van der Waals surface area contributed by atoms with E-state index in [9.17, 15) is 0 Å². The fourth-order valence-electron chi connectivity index (χ4n) is 3.94. The van der Waals surface area contributed by atoms with Gasteiger partial charge in [0, 0.05) is 45.0 Å². The van der Waals surface area contributed by atoms with Gasteiger partial charge in [-0.15, -0.1) is 24.0 Å². The number of piperidine rings is 1. The van der Waals surface area contributed by atoms with Gasteiger partial charge in [-0.1, -0.05) is 12.8 Å². The smallest absolute Gasteiger partial charge is 0.191 e. The summed E-state index contributed by atoms with van der Waals surface area (Å²) < 4.78 is 1.97. The molecule has 0 spiro atoms. The summed E-state index contributed by atoms with van der Waals surface area (Å²) in [4.78, 5) is 7.08. The molecule has 0 radical (unpaired) electrons. The molecular weight excluding hydrogens is 427 g/mol. The van der Waals surface area contributed by atoms with Crippen LogP contribution < -0.4 is 10.6 Å². The molecule has 6 nitrogen and oxygen atoms in total. The van der Waals surface area contributed by atoms with Gasteiger partial charge in [-0.25, -0.2) is 0 Å². The first kappa shape index (κ1) is 20.5. The van der Waals surface area contributed by atoms with E-state index in [4.69, 9.17) is 0 Å². The van der Waals surface area contributed by atoms with E-state index in [2.05, 4.69) is 38.7 Å². The van der Waals surface area contributed by atoms with E-state index in [-0.39, 0.29) is 24.0 Å². The van der Waals surface area contributed by atoms with Gasteiger partial charge >= 0.3 is 0 Å². The average Bonchev–Trinajstić information content (AvgIpc) is 3.26. The lowest BCUT2D eigenvalue weighted by atomic mass is 10.0. The Kier molecular flexibility index (Phi) is 8.48. The van der Waals surface area contributed by atoms with E-state index < -0.39 is 0 Å². The van der Waals surface area contributed by atoms with Gasteiger partial charge in [0.05, 0.1) is 12.7 Å². The number of nitrogens with one attached hydrogen (secondary N) is 2. The zero-order valence-corrected chi connectivity index (χ0v) is 17.9. The maximum absolute atomic E-state index is 4.37. The zero-order valence-electron chi connectivity index (χ0n) is 15.6. The first-order chi connectivity index (χ1) is 11.7. The first-order valence-electron chi connectivity index (χ1n) is 9.45. The molecule has 1 aromatic heterocycles. The molecular formula is C18H33IN6. The van der Waals surface area contributed by atoms with Crippen LogP contribution in [0.1, 0.15) is 44.1 Å². The molecule has 1 saturated heterocycles. The van der Waals surface area contributed by atoms with Crippen LogP contribution >= 0.6 is 24.0 Å². The van der Waals surface area contributed by atoms with Crippen LogP contribution in [-0.2, 0) is 6.54 Å². The Morgan fingerprint density at radius 1 is 1.24 bits per heavy atom. The number of likely N-dealkylation sites (tertiary alicyclic amines) is 1. The number of rotatable bonds is 5. The Bertz CT molecular complexity index is 529. The molecule has 1 aliphatic carbocycles. The standard InChI is InChI=1S/C18H32N6.HI/c1-15-13-21-24(14-15)12-9-20-18(19-2)22-16-7-10-23(11-8-16)17-5-3-4-6-17;/h13-14,16-17H,3-12H2,1-2H3,(H2,19,20,22);1H. The number of guanidine groups is 1. The molecule has 0 atom stereocenters. The lowest BCUT2D eigenvalue weighted by molar-refractivity contribution is 0.150. The van der Waals surface area contributed by atoms with Gasteiger partial charge in [0.1, 0.15) is 0 Å². The minimum absolute atomic E-state index is 0. The minimum atomic E-state index is 0. The summed E-state index contributed by atoms with van der Waals surface area (Å²) >= 11 is 0. The lowest BCUT2D eigenvalue weighted by Gasteiger charge is -2.36. The van der Waals surface area contributed by atoms with Gasteiger partial charge < -0.3 is 15.5 Å². The summed E-state index contributed by atoms with van der Waals surface area (Å²) in [6.07, 6.45) is 12.1. The highest BCUT2D eigenvalue weighted by molar-refractivity contribution is 14.0. The normalized spacial score (nSPS) is 20.5. The van der Waals surface area contributed by atoms with Crippen molar-refractivity contribution in [3.8, 4) is 0 Å². The largest absolute Gasteiger partial charge is 0.355 e. The molecule has 25 heavy (non-hydrogen) atoms. The van der Waals surface area contributed by atoms with Gasteiger partial charge in [-0.3, -0.25) is 9.67 Å². The van der Waals surface area contributed by atoms with Crippen LogP contribution in [0, 0.1) is 6.92 Å². The van der Waals surface area contributed by atoms with Crippen molar-refractivity contribution in [2.24, 2.45) is 4.99 Å². The molecule has 1 aliphatic heterocycles. The maximum atomic E-state index is 4.37. The third kappa shape index (κ3) is 6.13. The molecule has 0 unspecified atom stereocenters. The van der Waals surface area contributed by atoms with Crippen LogP contribution in [0.15, 0.2) is 17.4 Å². The SMILES string of the molecule is CN=C(NCCn1cc(C)cn1)NC1CCN(C2CCCC2)CC1.I. The van der Waals surface area contributed by atoms with Crippen molar-refractivity contribution >= 4 is 29.9 Å². The summed E-state index contributed by atoms with van der Waals surface area (Å²) in [5.41, 5.74) is 1.20. The van der Waals surface area contributed by atoms with Crippen LogP contribution in [0.4, 0.5) is 0 Å². The van der Waals surface area contributed by atoms with E-state index in [1.165, 1.54) is 57.2 Å². The monoisotopic (exact) mass is 460 g/mol. The topological polar surface area (TPSA) is 57.5 Å². The second-order valence-corrected chi connectivity index (χ2v) is 7.17. The van der Waals surface area contributed by atoms with E-state index in [1.807, 2.05) is 17.9 Å². The predicted molar refractivity (Wildman–Crippen MR) is 114 cm³/mol. The third-order valence-corrected chi connectivity index (χ3v) is 5.33. The first-order valence-corrected chi connectivity index (χ1v) is 9.45. The number of aromatic nitrogens is 2. The fraction of sp³-hybridized carbons (Fsp3) is 0.778. The van der Waals surface area contributed by atoms with Crippen LogP contribution in [0.5, 0.6) is 0 Å². The van der Waals surface area contributed by atoms with Crippen LogP contribution in [0.25, 0.3) is 0 Å². The van der Waals surface area contributed by atoms with Gasteiger partial charge in [-0.05, 0) is 38.2 Å². The van der Waals surface area contributed by atoms with Crippen LogP contribution in [0.2, 0.25) is 0 Å². The van der Waals surface area contributed by atoms with Crippen molar-refractivity contribution in [3.63, 3.8) is 0 Å². The summed E-state index contributed by atoms with van der Waals surface area (Å²) in [6, 6.07) is 1.40. The summed E-state index contributed by atoms with van der Waals surface area (Å²) in [5.74, 6) is 0.915. The Labute approximate surface area is 168 Å². The molecule has 3 rings (SSSR count). The second-order valence-electron chi connectivity index (χ2n) is 7.17. The molecule has 2 aliphatic rings. The summed E-state index contributed by atoms with van der Waals surface area (Å²) in [6.45, 7) is 6.21. The molecule has 142 valence electrons. The fourth-order valence-corrected chi connectivity index (χ4v) is 3.94. The number of hydrogen-bond donors (Lipinski definition) is 2. The molecule has 1 saturated carbocycles. The number of aryl methyl sites for hydroxylation is 1. The maximum Gasteiger partial charge on any atom is 0.191 e. The van der Waals surface area contributed by atoms with Crippen molar-refractivity contribution in [3.05, 3.63) is 18.0 Å². The van der Waals surface area contributed by atoms with Crippen LogP contribution in [0.3, 0.4) is 0 Å². The Balaban J connectivity index is 0.00000225. The number of nitrogens with zero attached hydrogens (tertiary/aromatic N) is 4. The van der Waals surface area contributed by atoms with E-state index in [0.717, 1.165) is 25.1 Å². The quantitative estimate of drug-likeness (QED) is 0.403. The van der Waals surface area contributed by atoms with Crippen molar-refractivity contribution in [1.29, 1.82) is 0 Å². The van der Waals surface area contributed by atoms with Gasteiger partial charge in [0.25, 0.3) is 0 Å². The highest BCUT2D eigenvalue weighted by atomic mass is 127. The summed E-state index contributed by atoms with van der Waals surface area (Å²) in [7, 11) is 1.85. The highest BCUT2D eigenvalue weighted by Gasteiger charge is 2.27. The molecule has 2 fully saturated rings. The number of halogens is 1. The molecule has 2 N–H and O–H groups in total. The zero-order chi connectivity index (χ0) is 16.8. The van der Waals surface area contributed by atoms with E-state index >= 15 is 0 Å². The molecule has 1 aromatic rings. The minimum Gasteiger partial charge on any atom is -0.355 e. The van der Waals surface area contributed by atoms with E-state index in [0.29, 0.717) is 6.04 Å². The van der Waals surface area contributed by atoms with Crippen molar-refractivity contribution in [2.45, 2.75) is 64.1 Å². The van der Waals surface area contributed by atoms with Gasteiger partial charge in [0.15, 0.2) is 5.96 Å². The van der Waals surface area contributed by atoms with Gasteiger partial charge in [0.2, 0.25) is 0 Å². The van der Waals surface area contributed by atoms with E-state index in [1.54, 1.807) is 0 Å². The Morgan fingerprint density at radius 3 is 2.56 bits per heavy atom. The lowest BCUT2D eigenvalue weighted by Crippen LogP contribution is -2.50. The van der Waals surface area contributed by atoms with Crippen molar-refractivity contribution in [2.75, 3.05) is 26.7 Å². The third-order valence-electron chi connectivity index (χ3n) is 5.33. The molecule has 0 bridgehead atoms. The van der Waals surface area contributed by atoms with Crippen molar-refractivity contribution < 1.29 is 0 Å². The Morgan fingerprint density at radius 2 is 1.96 bits per heavy atom. The average molecular weight is 460 g/mol. The number of aliphatic imine (C=N–C) groups is 1.